The Balaban J connectivity index is 1.78. The Bertz CT molecular complexity index is 1110. The molecule has 146 valence electrons. The standard InChI is InChI=1S/C17H16BrN5O5/c18-9-1-3-10(4-2-9)23-12(6-19-21-23)11-7-22(17(27)20-16(11)26)15-5-13(25)14(8-24)28-15/h1-4,6-7,13-15,24-25H,5,8H2,(H,20,26,27)/t13-,14+,15+/m0/s1. The van der Waals surface area contributed by atoms with Crippen molar-refractivity contribution in [2.24, 2.45) is 0 Å². The van der Waals surface area contributed by atoms with Crippen LogP contribution in [-0.4, -0.2) is 53.6 Å². The first-order valence-electron chi connectivity index (χ1n) is 8.45. The predicted molar refractivity (Wildman–Crippen MR) is 101 cm³/mol. The third kappa shape index (κ3) is 3.33. The van der Waals surface area contributed by atoms with Gasteiger partial charge in [-0.2, -0.15) is 0 Å². The molecule has 3 heterocycles. The number of aliphatic hydroxyl groups is 2. The van der Waals surface area contributed by atoms with Crippen LogP contribution in [0.1, 0.15) is 12.6 Å². The van der Waals surface area contributed by atoms with Gasteiger partial charge >= 0.3 is 5.69 Å². The van der Waals surface area contributed by atoms with Crippen LogP contribution >= 0.6 is 15.9 Å². The van der Waals surface area contributed by atoms with Gasteiger partial charge in [0.15, 0.2) is 0 Å². The van der Waals surface area contributed by atoms with Crippen molar-refractivity contribution in [1.29, 1.82) is 0 Å². The van der Waals surface area contributed by atoms with Crippen LogP contribution in [0.2, 0.25) is 0 Å². The highest BCUT2D eigenvalue weighted by atomic mass is 79.9. The molecule has 1 aromatic carbocycles. The first kappa shape index (κ1) is 18.7. The molecule has 0 bridgehead atoms. The fourth-order valence-corrected chi connectivity index (χ4v) is 3.39. The van der Waals surface area contributed by atoms with Crippen molar-refractivity contribution in [2.45, 2.75) is 24.9 Å². The van der Waals surface area contributed by atoms with E-state index in [-0.39, 0.29) is 18.6 Å². The first-order chi connectivity index (χ1) is 13.5. The highest BCUT2D eigenvalue weighted by Crippen LogP contribution is 2.28. The third-order valence-electron chi connectivity index (χ3n) is 4.56. The highest BCUT2D eigenvalue weighted by Gasteiger charge is 2.35. The molecule has 1 aliphatic rings. The smallest absolute Gasteiger partial charge is 0.330 e. The summed E-state index contributed by atoms with van der Waals surface area (Å²) < 4.78 is 9.08. The van der Waals surface area contributed by atoms with E-state index in [2.05, 4.69) is 31.2 Å². The number of hydrogen-bond acceptors (Lipinski definition) is 7. The zero-order chi connectivity index (χ0) is 19.8. The molecule has 1 fully saturated rings. The number of aliphatic hydroxyl groups excluding tert-OH is 2. The fraction of sp³-hybridized carbons (Fsp3) is 0.294. The normalized spacial score (nSPS) is 21.9. The van der Waals surface area contributed by atoms with Gasteiger partial charge in [0.25, 0.3) is 5.56 Å². The molecule has 11 heteroatoms. The molecule has 0 spiro atoms. The molecular formula is C17H16BrN5O5. The van der Waals surface area contributed by atoms with Crippen LogP contribution in [-0.2, 0) is 4.74 Å². The summed E-state index contributed by atoms with van der Waals surface area (Å²) in [5, 5.41) is 27.1. The van der Waals surface area contributed by atoms with Gasteiger partial charge in [-0.05, 0) is 24.3 Å². The van der Waals surface area contributed by atoms with Gasteiger partial charge in [0.2, 0.25) is 0 Å². The highest BCUT2D eigenvalue weighted by molar-refractivity contribution is 9.10. The summed E-state index contributed by atoms with van der Waals surface area (Å²) in [5.41, 5.74) is -0.0419. The zero-order valence-corrected chi connectivity index (χ0v) is 16.0. The number of benzene rings is 1. The lowest BCUT2D eigenvalue weighted by Crippen LogP contribution is -2.33. The zero-order valence-electron chi connectivity index (χ0n) is 14.4. The Hall–Kier alpha value is -2.60. The lowest BCUT2D eigenvalue weighted by Gasteiger charge is -2.15. The molecule has 1 saturated heterocycles. The number of nitrogens with one attached hydrogen (secondary N) is 1. The Morgan fingerprint density at radius 1 is 1.29 bits per heavy atom. The minimum absolute atomic E-state index is 0.112. The first-order valence-corrected chi connectivity index (χ1v) is 9.24. The molecule has 0 radical (unpaired) electrons. The molecule has 4 rings (SSSR count). The Morgan fingerprint density at radius 2 is 2.04 bits per heavy atom. The number of aromatic amines is 1. The van der Waals surface area contributed by atoms with Gasteiger partial charge in [-0.15, -0.1) is 5.10 Å². The van der Waals surface area contributed by atoms with Crippen molar-refractivity contribution in [3.63, 3.8) is 0 Å². The van der Waals surface area contributed by atoms with Crippen LogP contribution in [0.5, 0.6) is 0 Å². The van der Waals surface area contributed by atoms with Gasteiger partial charge in [-0.1, -0.05) is 21.1 Å². The van der Waals surface area contributed by atoms with Gasteiger partial charge in [0, 0.05) is 17.1 Å². The molecule has 0 unspecified atom stereocenters. The van der Waals surface area contributed by atoms with E-state index in [1.165, 1.54) is 21.6 Å². The topological polar surface area (TPSA) is 135 Å². The maximum Gasteiger partial charge on any atom is 0.330 e. The average molecular weight is 450 g/mol. The number of H-pyrrole nitrogens is 1. The van der Waals surface area contributed by atoms with Gasteiger partial charge in [-0.3, -0.25) is 14.3 Å². The third-order valence-corrected chi connectivity index (χ3v) is 5.09. The Labute approximate surface area is 166 Å². The maximum absolute atomic E-state index is 12.5. The lowest BCUT2D eigenvalue weighted by atomic mass is 10.2. The molecule has 0 aliphatic carbocycles. The minimum Gasteiger partial charge on any atom is -0.394 e. The van der Waals surface area contributed by atoms with Gasteiger partial charge in [-0.25, -0.2) is 9.48 Å². The van der Waals surface area contributed by atoms with E-state index in [4.69, 9.17) is 4.74 Å². The summed E-state index contributed by atoms with van der Waals surface area (Å²) in [7, 11) is 0. The van der Waals surface area contributed by atoms with Crippen molar-refractivity contribution >= 4 is 15.9 Å². The van der Waals surface area contributed by atoms with Crippen LogP contribution in [0.3, 0.4) is 0 Å². The van der Waals surface area contributed by atoms with Crippen LogP contribution in [0.4, 0.5) is 0 Å². The van der Waals surface area contributed by atoms with Crippen molar-refractivity contribution in [3.05, 3.63) is 62.0 Å². The van der Waals surface area contributed by atoms with Gasteiger partial charge in [0.05, 0.1) is 30.2 Å². The summed E-state index contributed by atoms with van der Waals surface area (Å²) in [6.07, 6.45) is 0.372. The van der Waals surface area contributed by atoms with Gasteiger partial charge < -0.3 is 14.9 Å². The molecular weight excluding hydrogens is 434 g/mol. The molecule has 3 N–H and O–H groups in total. The molecule has 3 atom stereocenters. The Morgan fingerprint density at radius 3 is 2.71 bits per heavy atom. The van der Waals surface area contributed by atoms with Crippen LogP contribution in [0.25, 0.3) is 16.9 Å². The van der Waals surface area contributed by atoms with Crippen LogP contribution in [0, 0.1) is 0 Å². The SMILES string of the molecule is O=c1[nH]c(=O)n([C@H]2C[C@H](O)[C@@H](CO)O2)cc1-c1cnnn1-c1ccc(Br)cc1. The van der Waals surface area contributed by atoms with E-state index in [0.717, 1.165) is 4.47 Å². The fourth-order valence-electron chi connectivity index (χ4n) is 3.12. The lowest BCUT2D eigenvalue weighted by molar-refractivity contribution is -0.0458. The number of aromatic nitrogens is 5. The average Bonchev–Trinajstić information content (AvgIpc) is 3.29. The summed E-state index contributed by atoms with van der Waals surface area (Å²) >= 11 is 3.36. The largest absolute Gasteiger partial charge is 0.394 e. The van der Waals surface area contributed by atoms with E-state index < -0.39 is 29.7 Å². The molecule has 0 saturated carbocycles. The summed E-state index contributed by atoms with van der Waals surface area (Å²) in [6, 6.07) is 7.26. The maximum atomic E-state index is 12.5. The number of halogens is 1. The van der Waals surface area contributed by atoms with Crippen LogP contribution < -0.4 is 11.2 Å². The van der Waals surface area contributed by atoms with Crippen molar-refractivity contribution in [1.82, 2.24) is 24.5 Å². The quantitative estimate of drug-likeness (QED) is 0.517. The second-order valence-corrected chi connectivity index (χ2v) is 7.25. The molecule has 10 nitrogen and oxygen atoms in total. The van der Waals surface area contributed by atoms with Crippen molar-refractivity contribution in [2.75, 3.05) is 6.61 Å². The second kappa shape index (κ2) is 7.43. The number of nitrogens with zero attached hydrogens (tertiary/aromatic N) is 4. The van der Waals surface area contributed by atoms with E-state index >= 15 is 0 Å². The van der Waals surface area contributed by atoms with E-state index in [1.807, 2.05) is 12.1 Å². The number of rotatable bonds is 4. The number of hydrogen-bond donors (Lipinski definition) is 3. The summed E-state index contributed by atoms with van der Waals surface area (Å²) in [5.74, 6) is 0. The van der Waals surface area contributed by atoms with Crippen LogP contribution in [0.15, 0.2) is 50.7 Å². The van der Waals surface area contributed by atoms with E-state index in [0.29, 0.717) is 11.4 Å². The second-order valence-electron chi connectivity index (χ2n) is 6.33. The molecule has 3 aromatic rings. The molecule has 1 aliphatic heterocycles. The van der Waals surface area contributed by atoms with Crippen molar-refractivity contribution in [3.8, 4) is 16.9 Å². The molecule has 28 heavy (non-hydrogen) atoms. The monoisotopic (exact) mass is 449 g/mol. The molecule has 2 aromatic heterocycles. The van der Waals surface area contributed by atoms with Gasteiger partial charge in [0.1, 0.15) is 18.0 Å². The minimum atomic E-state index is -0.910. The van der Waals surface area contributed by atoms with E-state index in [1.54, 1.807) is 12.1 Å². The van der Waals surface area contributed by atoms with Crippen molar-refractivity contribution < 1.29 is 14.9 Å². The van der Waals surface area contributed by atoms with E-state index in [9.17, 15) is 19.8 Å². The Kier molecular flexibility index (Phi) is 4.98. The number of ether oxygens (including phenoxy) is 1. The summed E-state index contributed by atoms with van der Waals surface area (Å²) in [4.78, 5) is 27.0. The summed E-state index contributed by atoms with van der Waals surface area (Å²) in [6.45, 7) is -0.372. The molecule has 0 amide bonds. The predicted octanol–water partition coefficient (Wildman–Crippen LogP) is 0.188.